The van der Waals surface area contributed by atoms with Gasteiger partial charge < -0.3 is 15.0 Å². The van der Waals surface area contributed by atoms with Crippen molar-refractivity contribution in [3.05, 3.63) is 36.0 Å². The summed E-state index contributed by atoms with van der Waals surface area (Å²) in [5.41, 5.74) is 2.51. The Morgan fingerprint density at radius 3 is 2.89 bits per heavy atom. The zero-order valence-corrected chi connectivity index (χ0v) is 10.9. The molecule has 2 aromatic rings. The van der Waals surface area contributed by atoms with Crippen molar-refractivity contribution in [2.24, 2.45) is 0 Å². The van der Waals surface area contributed by atoms with Crippen LogP contribution in [-0.2, 0) is 4.74 Å². The van der Waals surface area contributed by atoms with Gasteiger partial charge in [-0.15, -0.1) is 0 Å². The number of para-hydroxylation sites is 1. The molecule has 2 heterocycles. The molecular weight excluding hydrogens is 224 g/mol. The Kier molecular flexibility index (Phi) is 3.10. The largest absolute Gasteiger partial charge is 0.373 e. The van der Waals surface area contributed by atoms with Crippen molar-refractivity contribution >= 4 is 10.9 Å². The molecule has 96 valence electrons. The lowest BCUT2D eigenvalue weighted by molar-refractivity contribution is 0.0336. The summed E-state index contributed by atoms with van der Waals surface area (Å²) >= 11 is 0. The van der Waals surface area contributed by atoms with Gasteiger partial charge in [0, 0.05) is 17.1 Å². The summed E-state index contributed by atoms with van der Waals surface area (Å²) in [7, 11) is 2.01. The van der Waals surface area contributed by atoms with Crippen molar-refractivity contribution in [2.45, 2.75) is 38.0 Å². The molecule has 3 nitrogen and oxygen atoms in total. The molecule has 0 spiro atoms. The summed E-state index contributed by atoms with van der Waals surface area (Å²) in [4.78, 5) is 3.34. The van der Waals surface area contributed by atoms with Crippen LogP contribution in [0.1, 0.15) is 31.4 Å². The van der Waals surface area contributed by atoms with Gasteiger partial charge in [-0.3, -0.25) is 0 Å². The standard InChI is InChI=1S/C15H20N2O/c1-10-7-8-14(18-10)15(16-2)12-9-17-13-6-4-3-5-11(12)13/h3-6,9-10,14-17H,7-8H2,1-2H3. The molecule has 0 radical (unpaired) electrons. The van der Waals surface area contributed by atoms with Crippen LogP contribution in [0.5, 0.6) is 0 Å². The monoisotopic (exact) mass is 244 g/mol. The van der Waals surface area contributed by atoms with Crippen molar-refractivity contribution in [3.63, 3.8) is 0 Å². The molecule has 0 bridgehead atoms. The van der Waals surface area contributed by atoms with E-state index < -0.39 is 0 Å². The van der Waals surface area contributed by atoms with E-state index in [0.717, 1.165) is 12.8 Å². The summed E-state index contributed by atoms with van der Waals surface area (Å²) in [5, 5.41) is 4.71. The van der Waals surface area contributed by atoms with Gasteiger partial charge in [-0.1, -0.05) is 18.2 Å². The Hall–Kier alpha value is -1.32. The van der Waals surface area contributed by atoms with E-state index in [4.69, 9.17) is 4.74 Å². The topological polar surface area (TPSA) is 37.0 Å². The molecule has 0 aliphatic carbocycles. The maximum Gasteiger partial charge on any atom is 0.0775 e. The van der Waals surface area contributed by atoms with Crippen LogP contribution in [0, 0.1) is 0 Å². The molecule has 1 aromatic heterocycles. The molecule has 3 rings (SSSR count). The molecule has 3 heteroatoms. The van der Waals surface area contributed by atoms with Crippen LogP contribution in [0.3, 0.4) is 0 Å². The van der Waals surface area contributed by atoms with Crippen LogP contribution in [0.2, 0.25) is 0 Å². The minimum atomic E-state index is 0.270. The molecule has 1 saturated heterocycles. The number of likely N-dealkylation sites (N-methyl/N-ethyl adjacent to an activating group) is 1. The Balaban J connectivity index is 1.96. The summed E-state index contributed by atoms with van der Waals surface area (Å²) < 4.78 is 6.01. The normalized spacial score (nSPS) is 25.7. The van der Waals surface area contributed by atoms with Crippen molar-refractivity contribution in [2.75, 3.05) is 7.05 Å². The molecule has 2 N–H and O–H groups in total. The second-order valence-electron chi connectivity index (χ2n) is 5.12. The van der Waals surface area contributed by atoms with Crippen LogP contribution in [0.4, 0.5) is 0 Å². The predicted octanol–water partition coefficient (Wildman–Crippen LogP) is 3.00. The first-order valence-electron chi connectivity index (χ1n) is 6.68. The Labute approximate surface area is 108 Å². The van der Waals surface area contributed by atoms with Gasteiger partial charge in [-0.05, 0) is 38.4 Å². The molecule has 1 aliphatic rings. The number of hydrogen-bond acceptors (Lipinski definition) is 2. The van der Waals surface area contributed by atoms with Crippen LogP contribution in [0.15, 0.2) is 30.5 Å². The van der Waals surface area contributed by atoms with E-state index in [1.807, 2.05) is 7.05 Å². The average molecular weight is 244 g/mol. The van der Waals surface area contributed by atoms with Crippen molar-refractivity contribution in [1.29, 1.82) is 0 Å². The minimum Gasteiger partial charge on any atom is -0.373 e. The number of aromatic amines is 1. The zero-order valence-electron chi connectivity index (χ0n) is 10.9. The third-order valence-corrected chi connectivity index (χ3v) is 3.90. The first kappa shape index (κ1) is 11.8. The number of rotatable bonds is 3. The maximum absolute atomic E-state index is 6.01. The number of benzene rings is 1. The molecule has 1 aromatic carbocycles. The zero-order chi connectivity index (χ0) is 12.5. The minimum absolute atomic E-state index is 0.270. The van der Waals surface area contributed by atoms with E-state index in [-0.39, 0.29) is 12.1 Å². The Bertz CT molecular complexity index is 534. The average Bonchev–Trinajstić information content (AvgIpc) is 2.98. The van der Waals surface area contributed by atoms with E-state index >= 15 is 0 Å². The highest BCUT2D eigenvalue weighted by atomic mass is 16.5. The molecular formula is C15H20N2O. The van der Waals surface area contributed by atoms with Crippen molar-refractivity contribution < 1.29 is 4.74 Å². The fraction of sp³-hybridized carbons (Fsp3) is 0.467. The first-order valence-corrected chi connectivity index (χ1v) is 6.68. The highest BCUT2D eigenvalue weighted by Crippen LogP contribution is 2.33. The van der Waals surface area contributed by atoms with E-state index in [1.54, 1.807) is 0 Å². The van der Waals surface area contributed by atoms with E-state index in [1.165, 1.54) is 16.5 Å². The second-order valence-corrected chi connectivity index (χ2v) is 5.12. The fourth-order valence-corrected chi connectivity index (χ4v) is 2.97. The van der Waals surface area contributed by atoms with Gasteiger partial charge in [0.05, 0.1) is 18.2 Å². The highest BCUT2D eigenvalue weighted by molar-refractivity contribution is 5.83. The predicted molar refractivity (Wildman–Crippen MR) is 73.7 cm³/mol. The summed E-state index contributed by atoms with van der Waals surface area (Å²) in [5.74, 6) is 0. The molecule has 3 unspecified atom stereocenters. The molecule has 3 atom stereocenters. The fourth-order valence-electron chi connectivity index (χ4n) is 2.97. The molecule has 1 fully saturated rings. The van der Waals surface area contributed by atoms with Gasteiger partial charge in [-0.25, -0.2) is 0 Å². The smallest absolute Gasteiger partial charge is 0.0775 e. The van der Waals surface area contributed by atoms with Crippen LogP contribution < -0.4 is 5.32 Å². The van der Waals surface area contributed by atoms with Crippen molar-refractivity contribution in [1.82, 2.24) is 10.3 Å². The molecule has 0 amide bonds. The maximum atomic E-state index is 6.01. The first-order chi connectivity index (χ1) is 8.79. The molecule has 18 heavy (non-hydrogen) atoms. The van der Waals surface area contributed by atoms with Crippen molar-refractivity contribution in [3.8, 4) is 0 Å². The Morgan fingerprint density at radius 1 is 1.33 bits per heavy atom. The van der Waals surface area contributed by atoms with Crippen LogP contribution >= 0.6 is 0 Å². The number of ether oxygens (including phenoxy) is 1. The number of fused-ring (bicyclic) bond motifs is 1. The van der Waals surface area contributed by atoms with E-state index in [2.05, 4.69) is 47.7 Å². The number of nitrogens with one attached hydrogen (secondary N) is 2. The van der Waals surface area contributed by atoms with Crippen LogP contribution in [0.25, 0.3) is 10.9 Å². The summed E-state index contributed by atoms with van der Waals surface area (Å²) in [6, 6.07) is 8.70. The van der Waals surface area contributed by atoms with Gasteiger partial charge in [-0.2, -0.15) is 0 Å². The lowest BCUT2D eigenvalue weighted by Crippen LogP contribution is -2.29. The van der Waals surface area contributed by atoms with E-state index in [9.17, 15) is 0 Å². The van der Waals surface area contributed by atoms with Gasteiger partial charge in [0.1, 0.15) is 0 Å². The van der Waals surface area contributed by atoms with Gasteiger partial charge in [0.15, 0.2) is 0 Å². The lowest BCUT2D eigenvalue weighted by Gasteiger charge is -2.23. The summed E-state index contributed by atoms with van der Waals surface area (Å²) in [6.07, 6.45) is 5.07. The third kappa shape index (κ3) is 1.93. The number of aromatic nitrogens is 1. The summed E-state index contributed by atoms with van der Waals surface area (Å²) in [6.45, 7) is 2.15. The number of H-pyrrole nitrogens is 1. The van der Waals surface area contributed by atoms with Gasteiger partial charge in [0.25, 0.3) is 0 Å². The molecule has 0 saturated carbocycles. The highest BCUT2D eigenvalue weighted by Gasteiger charge is 2.30. The second kappa shape index (κ2) is 4.75. The third-order valence-electron chi connectivity index (χ3n) is 3.90. The SMILES string of the molecule is CNC(c1c[nH]c2ccccc12)C1CCC(C)O1. The van der Waals surface area contributed by atoms with E-state index in [0.29, 0.717) is 6.10 Å². The molecule has 1 aliphatic heterocycles. The van der Waals surface area contributed by atoms with Gasteiger partial charge in [0.2, 0.25) is 0 Å². The lowest BCUT2D eigenvalue weighted by atomic mass is 9.99. The Morgan fingerprint density at radius 2 is 2.17 bits per heavy atom. The van der Waals surface area contributed by atoms with Gasteiger partial charge >= 0.3 is 0 Å². The quantitative estimate of drug-likeness (QED) is 0.871. The number of hydrogen-bond donors (Lipinski definition) is 2. The van der Waals surface area contributed by atoms with Crippen LogP contribution in [-0.4, -0.2) is 24.2 Å².